The number of thiophene rings is 1. The number of esters is 1. The molecule has 1 unspecified atom stereocenters. The van der Waals surface area contributed by atoms with Crippen LogP contribution in [-0.4, -0.2) is 42.6 Å². The number of rotatable bonds is 7. The molecule has 1 fully saturated rings. The Kier molecular flexibility index (Phi) is 7.09. The normalized spacial score (nSPS) is 16.8. The number of carbonyl (C=O) groups is 2. The van der Waals surface area contributed by atoms with Gasteiger partial charge in [0.2, 0.25) is 0 Å². The zero-order chi connectivity index (χ0) is 20.9. The zero-order valence-corrected chi connectivity index (χ0v) is 18.4. The van der Waals surface area contributed by atoms with E-state index < -0.39 is 5.97 Å². The second kappa shape index (κ2) is 9.55. The first-order chi connectivity index (χ1) is 14.0. The lowest BCUT2D eigenvalue weighted by Gasteiger charge is -2.46. The first kappa shape index (κ1) is 21.5. The van der Waals surface area contributed by atoms with Crippen molar-refractivity contribution in [2.45, 2.75) is 52.1 Å². The van der Waals surface area contributed by atoms with Crippen molar-refractivity contribution in [2.75, 3.05) is 25.5 Å². The van der Waals surface area contributed by atoms with Crippen molar-refractivity contribution in [2.24, 2.45) is 0 Å². The van der Waals surface area contributed by atoms with E-state index >= 15 is 0 Å². The molecule has 0 radical (unpaired) electrons. The van der Waals surface area contributed by atoms with Gasteiger partial charge in [0.1, 0.15) is 11.4 Å². The quantitative estimate of drug-likeness (QED) is 0.524. The lowest BCUT2D eigenvalue weighted by molar-refractivity contribution is -0.959. The van der Waals surface area contributed by atoms with Crippen LogP contribution in [0.4, 0.5) is 5.69 Å². The van der Waals surface area contributed by atoms with Crippen LogP contribution >= 0.6 is 11.3 Å². The monoisotopic (exact) mass is 415 g/mol. The molecule has 1 aromatic heterocycles. The smallest absolute Gasteiger partial charge is 0.350 e. The van der Waals surface area contributed by atoms with Crippen LogP contribution in [0.3, 0.4) is 0 Å². The molecule has 1 saturated heterocycles. The Morgan fingerprint density at radius 1 is 1.17 bits per heavy atom. The predicted octanol–water partition coefficient (Wildman–Crippen LogP) is 4.76. The van der Waals surface area contributed by atoms with Gasteiger partial charge in [-0.1, -0.05) is 37.3 Å². The van der Waals surface area contributed by atoms with Crippen LogP contribution in [0.15, 0.2) is 35.7 Å². The van der Waals surface area contributed by atoms with E-state index in [0.29, 0.717) is 10.6 Å². The Hall–Kier alpha value is -2.18. The van der Waals surface area contributed by atoms with Crippen molar-refractivity contribution < 1.29 is 18.8 Å². The molecule has 1 N–H and O–H groups in total. The highest BCUT2D eigenvalue weighted by atomic mass is 32.1. The molecule has 156 valence electrons. The van der Waals surface area contributed by atoms with E-state index in [4.69, 9.17) is 4.74 Å². The van der Waals surface area contributed by atoms with Crippen LogP contribution in [0.1, 0.15) is 53.4 Å². The highest BCUT2D eigenvalue weighted by Gasteiger charge is 2.42. The number of hydrogen-bond donors (Lipinski definition) is 1. The fraction of sp³-hybridized carbons (Fsp3) is 0.478. The average Bonchev–Trinajstić information content (AvgIpc) is 3.09. The number of carbonyl (C=O) groups excluding carboxylic acids is 2. The SMILES string of the molecule is CCC(C(=O)Nc1c(C)csc1C(=O)OC)[N+]1(Cc2ccccc2)CCCCC1. The number of nitrogens with zero attached hydrogens (tertiary/aromatic N) is 1. The van der Waals surface area contributed by atoms with Gasteiger partial charge >= 0.3 is 5.97 Å². The summed E-state index contributed by atoms with van der Waals surface area (Å²) in [5.74, 6) is -0.408. The van der Waals surface area contributed by atoms with Gasteiger partial charge in [-0.2, -0.15) is 0 Å². The third-order valence-electron chi connectivity index (χ3n) is 5.99. The third kappa shape index (κ3) is 4.70. The second-order valence-electron chi connectivity index (χ2n) is 7.90. The summed E-state index contributed by atoms with van der Waals surface area (Å²) in [6.45, 7) is 6.88. The molecule has 6 heteroatoms. The molecular formula is C23H31N2O3S+. The number of benzene rings is 1. The fourth-order valence-corrected chi connectivity index (χ4v) is 5.46. The van der Waals surface area contributed by atoms with Gasteiger partial charge in [-0.15, -0.1) is 11.3 Å². The maximum absolute atomic E-state index is 13.5. The van der Waals surface area contributed by atoms with Crippen LogP contribution in [-0.2, 0) is 16.1 Å². The summed E-state index contributed by atoms with van der Waals surface area (Å²) < 4.78 is 5.67. The number of ether oxygens (including phenoxy) is 1. The molecule has 0 spiro atoms. The maximum atomic E-state index is 13.5. The molecule has 0 aliphatic carbocycles. The lowest BCUT2D eigenvalue weighted by atomic mass is 9.98. The zero-order valence-electron chi connectivity index (χ0n) is 17.6. The van der Waals surface area contributed by atoms with Gasteiger partial charge in [0, 0.05) is 12.0 Å². The van der Waals surface area contributed by atoms with Gasteiger partial charge in [-0.25, -0.2) is 4.79 Å². The molecule has 2 heterocycles. The number of hydrogen-bond acceptors (Lipinski definition) is 4. The number of anilines is 1. The molecule has 3 rings (SSSR count). The molecule has 1 aliphatic rings. The average molecular weight is 416 g/mol. The van der Waals surface area contributed by atoms with Crippen molar-refractivity contribution >= 4 is 28.9 Å². The van der Waals surface area contributed by atoms with E-state index in [1.54, 1.807) is 0 Å². The largest absolute Gasteiger partial charge is 0.465 e. The van der Waals surface area contributed by atoms with Crippen LogP contribution < -0.4 is 5.32 Å². The summed E-state index contributed by atoms with van der Waals surface area (Å²) in [6.07, 6.45) is 4.27. The number of quaternary nitrogens is 1. The van der Waals surface area contributed by atoms with Gasteiger partial charge in [0.15, 0.2) is 6.04 Å². The van der Waals surface area contributed by atoms with E-state index in [1.165, 1.54) is 30.4 Å². The van der Waals surface area contributed by atoms with Gasteiger partial charge < -0.3 is 14.5 Å². The standard InChI is InChI=1S/C23H30N2O3S/c1-4-19(22(26)24-20-17(2)16-29-21(20)23(27)28-3)25(13-9-6-10-14-25)15-18-11-7-5-8-12-18/h5,7-8,11-12,16,19H,4,6,9-10,13-15H2,1-3H3/p+1. The lowest BCUT2D eigenvalue weighted by Crippen LogP contribution is -2.61. The van der Waals surface area contributed by atoms with Crippen molar-refractivity contribution in [1.82, 2.24) is 0 Å². The molecule has 1 atom stereocenters. The Bertz CT molecular complexity index is 841. The summed E-state index contributed by atoms with van der Waals surface area (Å²) in [5, 5.41) is 4.97. The molecule has 5 nitrogen and oxygen atoms in total. The van der Waals surface area contributed by atoms with Gasteiger partial charge in [0.25, 0.3) is 5.91 Å². The number of aryl methyl sites for hydroxylation is 1. The van der Waals surface area contributed by atoms with E-state index in [2.05, 4.69) is 36.5 Å². The molecule has 1 amide bonds. The highest BCUT2D eigenvalue weighted by Crippen LogP contribution is 2.32. The number of methoxy groups -OCH3 is 1. The predicted molar refractivity (Wildman–Crippen MR) is 117 cm³/mol. The minimum atomic E-state index is -0.405. The molecule has 0 bridgehead atoms. The topological polar surface area (TPSA) is 55.4 Å². The summed E-state index contributed by atoms with van der Waals surface area (Å²) in [7, 11) is 1.37. The van der Waals surface area contributed by atoms with Crippen molar-refractivity contribution in [3.8, 4) is 0 Å². The fourth-order valence-electron chi connectivity index (χ4n) is 4.54. The summed E-state index contributed by atoms with van der Waals surface area (Å²) in [5.41, 5.74) is 2.76. The Morgan fingerprint density at radius 2 is 1.86 bits per heavy atom. The van der Waals surface area contributed by atoms with Gasteiger partial charge in [0.05, 0.1) is 25.9 Å². The van der Waals surface area contributed by atoms with E-state index in [1.807, 2.05) is 18.4 Å². The maximum Gasteiger partial charge on any atom is 0.350 e. The Labute approximate surface area is 177 Å². The summed E-state index contributed by atoms with van der Waals surface area (Å²) >= 11 is 1.31. The summed E-state index contributed by atoms with van der Waals surface area (Å²) in [6, 6.07) is 10.3. The minimum absolute atomic E-state index is 0.00279. The molecule has 29 heavy (non-hydrogen) atoms. The molecular weight excluding hydrogens is 384 g/mol. The molecule has 1 aliphatic heterocycles. The molecule has 0 saturated carbocycles. The van der Waals surface area contributed by atoms with E-state index in [0.717, 1.165) is 48.9 Å². The molecule has 2 aromatic rings. The van der Waals surface area contributed by atoms with Crippen LogP contribution in [0.2, 0.25) is 0 Å². The highest BCUT2D eigenvalue weighted by molar-refractivity contribution is 7.12. The summed E-state index contributed by atoms with van der Waals surface area (Å²) in [4.78, 5) is 26.0. The van der Waals surface area contributed by atoms with E-state index in [-0.39, 0.29) is 11.9 Å². The Balaban J connectivity index is 1.88. The van der Waals surface area contributed by atoms with Gasteiger partial charge in [-0.05, 0) is 37.1 Å². The number of amides is 1. The number of nitrogens with one attached hydrogen (secondary N) is 1. The van der Waals surface area contributed by atoms with Crippen molar-refractivity contribution in [3.63, 3.8) is 0 Å². The second-order valence-corrected chi connectivity index (χ2v) is 8.78. The van der Waals surface area contributed by atoms with Crippen LogP contribution in [0.25, 0.3) is 0 Å². The van der Waals surface area contributed by atoms with Crippen LogP contribution in [0, 0.1) is 6.92 Å². The Morgan fingerprint density at radius 3 is 2.48 bits per heavy atom. The first-order valence-electron chi connectivity index (χ1n) is 10.4. The molecule has 1 aromatic carbocycles. The number of piperidine rings is 1. The van der Waals surface area contributed by atoms with Gasteiger partial charge in [-0.3, -0.25) is 4.79 Å². The van der Waals surface area contributed by atoms with Crippen molar-refractivity contribution in [1.29, 1.82) is 0 Å². The minimum Gasteiger partial charge on any atom is -0.465 e. The third-order valence-corrected chi connectivity index (χ3v) is 7.07. The van der Waals surface area contributed by atoms with Crippen LogP contribution in [0.5, 0.6) is 0 Å². The van der Waals surface area contributed by atoms with E-state index in [9.17, 15) is 9.59 Å². The number of likely N-dealkylation sites (tertiary alicyclic amines) is 1. The van der Waals surface area contributed by atoms with Crippen molar-refractivity contribution in [3.05, 3.63) is 51.7 Å². The first-order valence-corrected chi connectivity index (χ1v) is 11.3.